The van der Waals surface area contributed by atoms with E-state index in [2.05, 4.69) is 0 Å². The Morgan fingerprint density at radius 3 is 2.46 bits per heavy atom. The van der Waals surface area contributed by atoms with Crippen molar-refractivity contribution in [1.82, 2.24) is 0 Å². The van der Waals surface area contributed by atoms with Crippen molar-refractivity contribution >= 4 is 0 Å². The fourth-order valence-electron chi connectivity index (χ4n) is 3.69. The minimum Gasteiger partial charge on any atom is -0.394 e. The van der Waals surface area contributed by atoms with Crippen LogP contribution in [0.2, 0.25) is 0 Å². The van der Waals surface area contributed by atoms with Crippen LogP contribution in [0, 0.1) is 11.8 Å². The van der Waals surface area contributed by atoms with E-state index in [1.54, 1.807) is 6.08 Å². The van der Waals surface area contributed by atoms with E-state index in [-0.39, 0.29) is 12.5 Å². The zero-order valence-electron chi connectivity index (χ0n) is 13.0. The lowest BCUT2D eigenvalue weighted by Crippen LogP contribution is -2.60. The zero-order chi connectivity index (χ0) is 17.4. The summed E-state index contributed by atoms with van der Waals surface area (Å²) in [6, 6.07) is 0. The van der Waals surface area contributed by atoms with E-state index < -0.39 is 55.6 Å². The molecule has 0 aromatic rings. The summed E-state index contributed by atoms with van der Waals surface area (Å²) in [7, 11) is 0. The van der Waals surface area contributed by atoms with E-state index in [1.807, 2.05) is 0 Å². The van der Waals surface area contributed by atoms with Gasteiger partial charge < -0.3 is 44.8 Å². The van der Waals surface area contributed by atoms with Crippen molar-refractivity contribution in [3.05, 3.63) is 11.6 Å². The number of fused-ring (bicyclic) bond motifs is 1. The number of hydrogen-bond donors (Lipinski definition) is 6. The predicted octanol–water partition coefficient (Wildman–Crippen LogP) is -2.93. The van der Waals surface area contributed by atoms with Crippen molar-refractivity contribution in [2.24, 2.45) is 11.8 Å². The highest BCUT2D eigenvalue weighted by Gasteiger charge is 2.49. The lowest BCUT2D eigenvalue weighted by Gasteiger charge is -2.43. The van der Waals surface area contributed by atoms with E-state index >= 15 is 0 Å². The van der Waals surface area contributed by atoms with Gasteiger partial charge in [0.2, 0.25) is 0 Å². The number of aliphatic hydroxyl groups is 6. The zero-order valence-corrected chi connectivity index (χ0v) is 13.0. The van der Waals surface area contributed by atoms with E-state index in [0.29, 0.717) is 18.6 Å². The van der Waals surface area contributed by atoms with Gasteiger partial charge in [-0.25, -0.2) is 0 Å². The molecule has 3 aliphatic rings. The molecule has 2 saturated heterocycles. The van der Waals surface area contributed by atoms with Crippen LogP contribution >= 0.6 is 0 Å². The fourth-order valence-corrected chi connectivity index (χ4v) is 3.69. The molecular weight excluding hydrogens is 324 g/mol. The van der Waals surface area contributed by atoms with Crippen LogP contribution in [0.1, 0.15) is 6.42 Å². The molecule has 24 heavy (non-hydrogen) atoms. The molecule has 6 N–H and O–H groups in total. The van der Waals surface area contributed by atoms with Crippen molar-refractivity contribution < 1.29 is 44.8 Å². The molecule has 9 heteroatoms. The minimum atomic E-state index is -1.54. The maximum Gasteiger partial charge on any atom is 0.189 e. The van der Waals surface area contributed by atoms with Crippen LogP contribution in [0.25, 0.3) is 0 Å². The van der Waals surface area contributed by atoms with Crippen molar-refractivity contribution in [1.29, 1.82) is 0 Å². The highest BCUT2D eigenvalue weighted by molar-refractivity contribution is 5.21. The lowest BCUT2D eigenvalue weighted by atomic mass is 9.85. The lowest BCUT2D eigenvalue weighted by molar-refractivity contribution is -0.350. The molecule has 0 amide bonds. The van der Waals surface area contributed by atoms with Gasteiger partial charge in [-0.2, -0.15) is 0 Å². The van der Waals surface area contributed by atoms with Crippen LogP contribution in [-0.2, 0) is 14.2 Å². The standard InChI is InChI=1S/C15H24O9/c16-4-6-3-8(18)7-1-2-22-14(10(6)7)24-15-13(21)12(20)11(19)9(5-17)23-15/h3,7-21H,1-2,4-5H2/t7-,8+,9+,10+,11+,12-,13+,14-,15-/m0/s1. The monoisotopic (exact) mass is 348 g/mol. The molecule has 0 radical (unpaired) electrons. The van der Waals surface area contributed by atoms with Gasteiger partial charge in [0.05, 0.1) is 25.9 Å². The van der Waals surface area contributed by atoms with E-state index in [1.165, 1.54) is 0 Å². The first-order chi connectivity index (χ1) is 11.5. The van der Waals surface area contributed by atoms with E-state index in [9.17, 15) is 30.6 Å². The number of rotatable bonds is 4. The summed E-state index contributed by atoms with van der Waals surface area (Å²) >= 11 is 0. The Kier molecular flexibility index (Phi) is 5.55. The second kappa shape index (κ2) is 7.32. The Bertz CT molecular complexity index is 468. The van der Waals surface area contributed by atoms with Crippen molar-refractivity contribution in [3.63, 3.8) is 0 Å². The Balaban J connectivity index is 1.73. The van der Waals surface area contributed by atoms with Gasteiger partial charge >= 0.3 is 0 Å². The summed E-state index contributed by atoms with van der Waals surface area (Å²) in [6.45, 7) is -0.480. The fraction of sp³-hybridized carbons (Fsp3) is 0.867. The first-order valence-electron chi connectivity index (χ1n) is 8.05. The first-order valence-corrected chi connectivity index (χ1v) is 8.05. The van der Waals surface area contributed by atoms with Crippen LogP contribution in [-0.4, -0.2) is 93.6 Å². The molecule has 138 valence electrons. The van der Waals surface area contributed by atoms with Crippen LogP contribution in [0.15, 0.2) is 11.6 Å². The average molecular weight is 348 g/mol. The molecule has 9 nitrogen and oxygen atoms in total. The number of aliphatic hydroxyl groups excluding tert-OH is 6. The maximum atomic E-state index is 10.1. The average Bonchev–Trinajstić information content (AvgIpc) is 2.92. The second-order valence-corrected chi connectivity index (χ2v) is 6.44. The van der Waals surface area contributed by atoms with E-state index in [0.717, 1.165) is 0 Å². The molecule has 0 bridgehead atoms. The van der Waals surface area contributed by atoms with E-state index in [4.69, 9.17) is 14.2 Å². The second-order valence-electron chi connectivity index (χ2n) is 6.44. The predicted molar refractivity (Wildman–Crippen MR) is 77.4 cm³/mol. The van der Waals surface area contributed by atoms with Gasteiger partial charge in [-0.3, -0.25) is 0 Å². The van der Waals surface area contributed by atoms with Gasteiger partial charge in [0.25, 0.3) is 0 Å². The molecule has 0 saturated carbocycles. The van der Waals surface area contributed by atoms with Crippen molar-refractivity contribution in [3.8, 4) is 0 Å². The number of ether oxygens (including phenoxy) is 3. The first kappa shape index (κ1) is 18.2. The highest BCUT2D eigenvalue weighted by atomic mass is 16.8. The quantitative estimate of drug-likeness (QED) is 0.294. The molecule has 0 unspecified atom stereocenters. The number of hydrogen-bond acceptors (Lipinski definition) is 9. The summed E-state index contributed by atoms with van der Waals surface area (Å²) < 4.78 is 16.5. The van der Waals surface area contributed by atoms with Gasteiger partial charge in [-0.05, 0) is 12.0 Å². The van der Waals surface area contributed by atoms with Crippen LogP contribution in [0.4, 0.5) is 0 Å². The molecule has 9 atom stereocenters. The SMILES string of the molecule is OCC1=C[C@@H](O)[C@@H]2CCO[C@@H](O[C@@H]3O[C@H](CO)[C@@H](O)[C@H](O)[C@H]3O)[C@H]12. The van der Waals surface area contributed by atoms with Gasteiger partial charge in [0, 0.05) is 11.8 Å². The molecule has 2 heterocycles. The molecule has 0 aromatic carbocycles. The smallest absolute Gasteiger partial charge is 0.189 e. The minimum absolute atomic E-state index is 0.171. The van der Waals surface area contributed by atoms with Gasteiger partial charge in [-0.1, -0.05) is 6.08 Å². The van der Waals surface area contributed by atoms with Crippen molar-refractivity contribution in [2.75, 3.05) is 19.8 Å². The third-order valence-electron chi connectivity index (χ3n) is 5.04. The third-order valence-corrected chi connectivity index (χ3v) is 5.04. The van der Waals surface area contributed by atoms with Crippen LogP contribution in [0.3, 0.4) is 0 Å². The topological polar surface area (TPSA) is 149 Å². The van der Waals surface area contributed by atoms with Crippen molar-refractivity contribution in [2.45, 2.75) is 49.5 Å². The van der Waals surface area contributed by atoms with Gasteiger partial charge in [0.1, 0.15) is 24.4 Å². The maximum absolute atomic E-state index is 10.1. The third kappa shape index (κ3) is 3.12. The van der Waals surface area contributed by atoms with Crippen LogP contribution < -0.4 is 0 Å². The van der Waals surface area contributed by atoms with Crippen LogP contribution in [0.5, 0.6) is 0 Å². The molecule has 3 rings (SSSR count). The Morgan fingerprint density at radius 1 is 1.04 bits per heavy atom. The Hall–Kier alpha value is -0.620. The Labute approximate surface area is 138 Å². The van der Waals surface area contributed by atoms with Gasteiger partial charge in [0.15, 0.2) is 12.6 Å². The highest BCUT2D eigenvalue weighted by Crippen LogP contribution is 2.42. The summed E-state index contributed by atoms with van der Waals surface area (Å²) in [5, 5.41) is 58.4. The molecule has 1 aliphatic carbocycles. The molecular formula is C15H24O9. The molecule has 0 aromatic heterocycles. The molecule has 2 aliphatic heterocycles. The van der Waals surface area contributed by atoms with Gasteiger partial charge in [-0.15, -0.1) is 0 Å². The summed E-state index contributed by atoms with van der Waals surface area (Å²) in [4.78, 5) is 0. The summed E-state index contributed by atoms with van der Waals surface area (Å²) in [6.07, 6.45) is -6.35. The summed E-state index contributed by atoms with van der Waals surface area (Å²) in [5.41, 5.74) is 0.585. The largest absolute Gasteiger partial charge is 0.394 e. The molecule has 2 fully saturated rings. The molecule has 0 spiro atoms. The summed E-state index contributed by atoms with van der Waals surface area (Å²) in [5.74, 6) is -0.568. The normalized spacial score (nSPS) is 48.9. The Morgan fingerprint density at radius 2 is 1.79 bits per heavy atom.